The van der Waals surface area contributed by atoms with Gasteiger partial charge in [0.25, 0.3) is 0 Å². The number of phosphoric ester groups is 1. The van der Waals surface area contributed by atoms with Crippen molar-refractivity contribution in [1.29, 1.82) is 0 Å². The molecule has 146 heavy (non-hydrogen) atoms. The van der Waals surface area contributed by atoms with Gasteiger partial charge in [0, 0.05) is 19.8 Å². The van der Waals surface area contributed by atoms with E-state index in [0.29, 0.717) is 55.6 Å². The highest BCUT2D eigenvalue weighted by molar-refractivity contribution is 7.49. The first-order chi connectivity index (χ1) is 71.4. The van der Waals surface area contributed by atoms with E-state index < -0.39 is 136 Å². The summed E-state index contributed by atoms with van der Waals surface area (Å²) < 4.78 is 121. The molecule has 28 heteroatoms. The lowest BCUT2D eigenvalue weighted by Crippen LogP contribution is -2.68. The number of aliphatic hydroxyl groups excluding tert-OH is 1. The van der Waals surface area contributed by atoms with Gasteiger partial charge in [-0.15, -0.1) is 0 Å². The standard InChI is InChI=1S/C118H170Cl3N2O22P/c1-5-9-13-17-21-25-29-33-37-62-82-130-98(73-55-34-30-26-22-18-14-10-6-2)80-84-132-113-108(123-116(127)139-92-118(119,120)121)115(141-104(90-138-117(128)137-88-95-67-49-40-50-68-95)111(113)145-146(129,143-100-75-58-43-59-76-100)144-101-77-60-44-61-78-101)135-89-103-109(126)112(131-83-81-99(133-86-93-63-45-38-46-64-93)74-56-35-31-27-23-19-15-11-7-3)107(114(140-103)136-91-106(125)142-110(96-69-51-41-52-70-96)97-71-53-42-54-72-97)122-105(124)85-102(134-87-94-65-47-39-48-66-94)79-57-36-32-28-24-20-16-12-8-4/h38-54,58-61,63-72,75-78,98-99,102-104,107-115,126H,5-37,55-57,62,73-74,79-92H2,1-4H3,(H,122,124)(H,123,127)/t98-,99-,102-,103-,104-,107-,108-,109-,111-,112-,113-,114+,115-/m1/s1. The Balaban J connectivity index is 1.14. The zero-order valence-electron chi connectivity index (χ0n) is 87.4. The number of nitrogens with one attached hydrogen (secondary N) is 2. The van der Waals surface area contributed by atoms with Crippen molar-refractivity contribution >= 4 is 66.8 Å². The number of alkyl carbamates (subject to hydrolysis) is 1. The predicted octanol–water partition coefficient (Wildman–Crippen LogP) is 29.3. The van der Waals surface area contributed by atoms with Gasteiger partial charge in [-0.05, 0) is 90.6 Å². The van der Waals surface area contributed by atoms with Crippen LogP contribution in [0.25, 0.3) is 0 Å². The lowest BCUT2D eigenvalue weighted by Gasteiger charge is -2.47. The van der Waals surface area contributed by atoms with E-state index in [4.69, 9.17) is 110 Å². The highest BCUT2D eigenvalue weighted by atomic mass is 35.6. The lowest BCUT2D eigenvalue weighted by molar-refractivity contribution is -0.307. The third-order valence-electron chi connectivity index (χ3n) is 26.6. The topological polar surface area (TPSA) is 277 Å². The van der Waals surface area contributed by atoms with Crippen LogP contribution in [0.4, 0.5) is 9.59 Å². The minimum atomic E-state index is -5.11. The molecule has 2 aliphatic rings. The molecule has 0 spiro atoms. The average molecular weight is 2110 g/mol. The van der Waals surface area contributed by atoms with E-state index >= 15 is 18.9 Å². The molecule has 2 heterocycles. The number of carbonyl (C=O) groups excluding carboxylic acids is 4. The number of halogens is 3. The summed E-state index contributed by atoms with van der Waals surface area (Å²) in [6, 6.07) is 60.8. The van der Waals surface area contributed by atoms with Crippen molar-refractivity contribution in [2.24, 2.45) is 0 Å². The number of unbranched alkanes of at least 4 members (excludes halogenated alkanes) is 33. The highest BCUT2D eigenvalue weighted by Gasteiger charge is 2.55. The maximum Gasteiger partial charge on any atom is 0.588 e. The van der Waals surface area contributed by atoms with E-state index in [0.717, 1.165) is 120 Å². The van der Waals surface area contributed by atoms with Gasteiger partial charge in [-0.1, -0.05) is 482 Å². The third-order valence-corrected chi connectivity index (χ3v) is 28.3. The minimum absolute atomic E-state index is 0.0370. The first kappa shape index (κ1) is 122. The average Bonchev–Trinajstić information content (AvgIpc) is 0.766. The van der Waals surface area contributed by atoms with Crippen LogP contribution in [-0.2, 0) is 100 Å². The van der Waals surface area contributed by atoms with Crippen LogP contribution in [0.2, 0.25) is 0 Å². The van der Waals surface area contributed by atoms with Crippen molar-refractivity contribution in [2.75, 3.05) is 46.2 Å². The zero-order valence-corrected chi connectivity index (χ0v) is 90.5. The molecule has 3 N–H and O–H groups in total. The molecule has 0 saturated carbocycles. The molecule has 9 rings (SSSR count). The first-order valence-corrected chi connectivity index (χ1v) is 57.6. The van der Waals surface area contributed by atoms with E-state index in [1.165, 1.54) is 128 Å². The van der Waals surface area contributed by atoms with Crippen LogP contribution in [0.15, 0.2) is 212 Å². The Bertz CT molecular complexity index is 4450. The highest BCUT2D eigenvalue weighted by Crippen LogP contribution is 2.53. The zero-order chi connectivity index (χ0) is 103. The Kier molecular flexibility index (Phi) is 62.0. The number of alkyl halides is 3. The van der Waals surface area contributed by atoms with E-state index in [-0.39, 0.29) is 63.0 Å². The summed E-state index contributed by atoms with van der Waals surface area (Å²) in [7, 11) is -5.11. The molecular formula is C118H170Cl3N2O22P. The molecule has 7 aromatic rings. The Labute approximate surface area is 886 Å². The number of amides is 2. The fourth-order valence-electron chi connectivity index (χ4n) is 18.4. The Morgan fingerprint density at radius 3 is 1.21 bits per heavy atom. The summed E-state index contributed by atoms with van der Waals surface area (Å²) in [5, 5.41) is 19.9. The minimum Gasteiger partial charge on any atom is -0.451 e. The second kappa shape index (κ2) is 74.3. The van der Waals surface area contributed by atoms with Gasteiger partial charge in [-0.25, -0.2) is 18.9 Å². The van der Waals surface area contributed by atoms with E-state index in [9.17, 15) is 9.90 Å². The van der Waals surface area contributed by atoms with Crippen molar-refractivity contribution in [3.05, 3.63) is 240 Å². The molecule has 0 unspecified atom stereocenters. The van der Waals surface area contributed by atoms with Gasteiger partial charge in [-0.2, -0.15) is 0 Å². The van der Waals surface area contributed by atoms with E-state index in [1.54, 1.807) is 84.9 Å². The summed E-state index contributed by atoms with van der Waals surface area (Å²) in [6.07, 6.45) is 26.0. The van der Waals surface area contributed by atoms with E-state index in [1.807, 2.05) is 127 Å². The number of rotatable bonds is 80. The Morgan fingerprint density at radius 2 is 0.753 bits per heavy atom. The number of ether oxygens (including phenoxy) is 13. The molecule has 7 aromatic carbocycles. The van der Waals surface area contributed by atoms with Crippen LogP contribution in [0.1, 0.15) is 338 Å². The summed E-state index contributed by atoms with van der Waals surface area (Å²) >= 11 is 19.1. The molecule has 810 valence electrons. The molecule has 0 bridgehead atoms. The Hall–Kier alpha value is -7.72. The first-order valence-electron chi connectivity index (χ1n) is 55.0. The number of carbonyl (C=O) groups is 4. The molecule has 13 atom stereocenters. The fourth-order valence-corrected chi connectivity index (χ4v) is 20.0. The van der Waals surface area contributed by atoms with Gasteiger partial charge in [0.05, 0.1) is 44.6 Å². The summed E-state index contributed by atoms with van der Waals surface area (Å²) in [4.78, 5) is 60.0. The van der Waals surface area contributed by atoms with Crippen LogP contribution in [0.5, 0.6) is 11.5 Å². The molecule has 2 saturated heterocycles. The van der Waals surface area contributed by atoms with Gasteiger partial charge in [0.15, 0.2) is 18.7 Å². The lowest BCUT2D eigenvalue weighted by atomic mass is 9.95. The molecule has 0 radical (unpaired) electrons. The van der Waals surface area contributed by atoms with Crippen LogP contribution >= 0.6 is 42.6 Å². The maximum absolute atomic E-state index is 16.4. The molecule has 24 nitrogen and oxygen atoms in total. The van der Waals surface area contributed by atoms with Crippen LogP contribution in [0, 0.1) is 0 Å². The number of esters is 1. The van der Waals surface area contributed by atoms with E-state index in [2.05, 4.69) is 38.3 Å². The molecule has 2 fully saturated rings. The van der Waals surface area contributed by atoms with Gasteiger partial charge < -0.3 is 86.4 Å². The molecule has 2 amide bonds. The number of hydrogen-bond donors (Lipinski definition) is 3. The molecular weight excluding hydrogens is 1930 g/mol. The van der Waals surface area contributed by atoms with Crippen molar-refractivity contribution < 1.29 is 104 Å². The van der Waals surface area contributed by atoms with Crippen molar-refractivity contribution in [3.63, 3.8) is 0 Å². The quantitative estimate of drug-likeness (QED) is 0.0105. The number of aliphatic hydroxyl groups is 1. The number of hydrogen-bond acceptors (Lipinski definition) is 22. The molecule has 0 aliphatic carbocycles. The van der Waals surface area contributed by atoms with Crippen molar-refractivity contribution in [2.45, 2.75) is 413 Å². The summed E-state index contributed by atoms with van der Waals surface area (Å²) in [5.74, 6) is -1.18. The monoisotopic (exact) mass is 2100 g/mol. The van der Waals surface area contributed by atoms with Crippen LogP contribution in [-0.4, -0.2) is 159 Å². The van der Waals surface area contributed by atoms with Gasteiger partial charge in [0.1, 0.15) is 86.6 Å². The normalized spacial score (nSPS) is 18.6. The van der Waals surface area contributed by atoms with Crippen LogP contribution < -0.4 is 19.7 Å². The van der Waals surface area contributed by atoms with Crippen molar-refractivity contribution in [1.82, 2.24) is 10.6 Å². The van der Waals surface area contributed by atoms with Crippen molar-refractivity contribution in [3.8, 4) is 11.5 Å². The second-order valence-corrected chi connectivity index (χ2v) is 42.8. The molecule has 0 aromatic heterocycles. The third kappa shape index (κ3) is 50.9. The van der Waals surface area contributed by atoms with Crippen LogP contribution in [0.3, 0.4) is 0 Å². The van der Waals surface area contributed by atoms with Gasteiger partial charge in [0.2, 0.25) is 9.70 Å². The number of phosphoric acid groups is 1. The smallest absolute Gasteiger partial charge is 0.451 e. The SMILES string of the molecule is CCCCCCCCCCCCO[C@H](CCCCCCCCCCC)CCO[C@@H]1[C@@H](NC(=O)OCC(Cl)(Cl)Cl)[C@H](OC[C@H]2O[C@H](OCC(=O)OC(c3ccccc3)c3ccccc3)[C@H](NC(=O)C[C@@H](CCCCCCCCCCC)OCc3ccccc3)[C@@H](OCC[C@@H](CCCCCCCCCCC)OCc3ccccc3)[C@@H]2O)O[C@H](COC(=O)OCc2ccccc2)[C@H]1OP(=O)(Oc1ccccc1)Oc1ccccc1. The number of benzene rings is 7. The Morgan fingerprint density at radius 1 is 0.377 bits per heavy atom. The van der Waals surface area contributed by atoms with Gasteiger partial charge >= 0.3 is 26.0 Å². The second-order valence-electron chi connectivity index (χ2n) is 38.8. The predicted molar refractivity (Wildman–Crippen MR) is 576 cm³/mol. The maximum atomic E-state index is 16.4. The largest absolute Gasteiger partial charge is 0.588 e. The summed E-state index contributed by atoms with van der Waals surface area (Å²) in [5.41, 5.74) is 3.93. The summed E-state index contributed by atoms with van der Waals surface area (Å²) in [6.45, 7) is 6.61. The van der Waals surface area contributed by atoms with Gasteiger partial charge in [-0.3, -0.25) is 9.32 Å². The molecule has 2 aliphatic heterocycles. The fraction of sp³-hybridized carbons (Fsp3) is 0.610. The number of para-hydroxylation sites is 2.